The summed E-state index contributed by atoms with van der Waals surface area (Å²) in [6.07, 6.45) is 2.14. The first-order chi connectivity index (χ1) is 9.08. The van der Waals surface area contributed by atoms with E-state index in [1.54, 1.807) is 6.92 Å². The lowest BCUT2D eigenvalue weighted by Crippen LogP contribution is -2.34. The number of Topliss-reactive ketones (excluding diaryl/α,β-unsaturated/α-hetero) is 1. The molecule has 1 aliphatic rings. The average molecular weight is 253 g/mol. The predicted molar refractivity (Wildman–Crippen MR) is 78.8 cm³/mol. The zero-order valence-electron chi connectivity index (χ0n) is 11.7. The summed E-state index contributed by atoms with van der Waals surface area (Å²) in [6, 6.07) is 11.0. The Morgan fingerprint density at radius 1 is 1.11 bits per heavy atom. The van der Waals surface area contributed by atoms with Crippen molar-refractivity contribution in [3.63, 3.8) is 0 Å². The molecule has 0 amide bonds. The maximum absolute atomic E-state index is 11.8. The molecule has 0 heterocycles. The maximum Gasteiger partial charge on any atom is 0.160 e. The number of carbonyl (C=O) groups is 1. The fourth-order valence-electron chi connectivity index (χ4n) is 3.15. The molecule has 1 unspecified atom stereocenters. The molecule has 2 aromatic carbocycles. The van der Waals surface area contributed by atoms with Crippen LogP contribution in [-0.2, 0) is 12.8 Å². The van der Waals surface area contributed by atoms with Gasteiger partial charge in [-0.15, -0.1) is 0 Å². The lowest BCUT2D eigenvalue weighted by molar-refractivity contribution is 0.101. The van der Waals surface area contributed by atoms with Crippen LogP contribution >= 0.6 is 0 Å². The van der Waals surface area contributed by atoms with Crippen LogP contribution in [0.3, 0.4) is 0 Å². The van der Waals surface area contributed by atoms with Crippen LogP contribution in [0.25, 0.3) is 10.8 Å². The molecule has 0 spiro atoms. The summed E-state index contributed by atoms with van der Waals surface area (Å²) in [4.78, 5) is 14.0. The molecule has 0 aliphatic heterocycles. The highest BCUT2D eigenvalue weighted by Gasteiger charge is 2.23. The molecule has 0 saturated carbocycles. The lowest BCUT2D eigenvalue weighted by Gasteiger charge is -2.30. The lowest BCUT2D eigenvalue weighted by atomic mass is 9.83. The first-order valence-electron chi connectivity index (χ1n) is 6.79. The number of rotatable bonds is 2. The summed E-state index contributed by atoms with van der Waals surface area (Å²) in [5, 5.41) is 2.44. The number of hydrogen-bond donors (Lipinski definition) is 0. The Kier molecular flexibility index (Phi) is 2.90. The molecule has 1 atom stereocenters. The van der Waals surface area contributed by atoms with Gasteiger partial charge in [-0.05, 0) is 55.8 Å². The van der Waals surface area contributed by atoms with Crippen LogP contribution in [-0.4, -0.2) is 30.8 Å². The molecule has 2 aromatic rings. The summed E-state index contributed by atoms with van der Waals surface area (Å²) in [5.74, 6) is 0.151. The van der Waals surface area contributed by atoms with Gasteiger partial charge in [0.1, 0.15) is 0 Å². The van der Waals surface area contributed by atoms with Gasteiger partial charge in [-0.3, -0.25) is 4.79 Å². The third-order valence-electron chi connectivity index (χ3n) is 4.23. The molecule has 3 rings (SSSR count). The molecule has 98 valence electrons. The van der Waals surface area contributed by atoms with Crippen molar-refractivity contribution in [3.05, 3.63) is 47.0 Å². The molecule has 1 aliphatic carbocycles. The fraction of sp³-hybridized carbons (Fsp3) is 0.353. The van der Waals surface area contributed by atoms with Crippen molar-refractivity contribution in [3.8, 4) is 0 Å². The third kappa shape index (κ3) is 1.96. The van der Waals surface area contributed by atoms with Gasteiger partial charge < -0.3 is 4.90 Å². The largest absolute Gasteiger partial charge is 0.306 e. The Hall–Kier alpha value is -1.67. The average Bonchev–Trinajstić information content (AvgIpc) is 2.38. The van der Waals surface area contributed by atoms with Gasteiger partial charge in [0.2, 0.25) is 0 Å². The number of likely N-dealkylation sites (N-methyl/N-ethyl adjacent to an activating group) is 1. The van der Waals surface area contributed by atoms with Gasteiger partial charge in [0, 0.05) is 11.6 Å². The quantitative estimate of drug-likeness (QED) is 0.767. The Labute approximate surface area is 114 Å². The highest BCUT2D eigenvalue weighted by molar-refractivity contribution is 6.08. The molecule has 2 nitrogen and oxygen atoms in total. The van der Waals surface area contributed by atoms with Gasteiger partial charge >= 0.3 is 0 Å². The number of nitrogens with zero attached hydrogens (tertiary/aromatic N) is 1. The van der Waals surface area contributed by atoms with Crippen LogP contribution in [0.2, 0.25) is 0 Å². The summed E-state index contributed by atoms with van der Waals surface area (Å²) in [6.45, 7) is 1.65. The van der Waals surface area contributed by atoms with Crippen molar-refractivity contribution < 1.29 is 4.79 Å². The molecule has 0 saturated heterocycles. The van der Waals surface area contributed by atoms with Gasteiger partial charge in [-0.2, -0.15) is 0 Å². The Balaban J connectivity index is 2.24. The van der Waals surface area contributed by atoms with E-state index in [2.05, 4.69) is 43.3 Å². The van der Waals surface area contributed by atoms with E-state index in [1.165, 1.54) is 16.5 Å². The zero-order valence-corrected chi connectivity index (χ0v) is 11.7. The van der Waals surface area contributed by atoms with Gasteiger partial charge in [0.25, 0.3) is 0 Å². The fourth-order valence-corrected chi connectivity index (χ4v) is 3.15. The summed E-state index contributed by atoms with van der Waals surface area (Å²) < 4.78 is 0. The summed E-state index contributed by atoms with van der Waals surface area (Å²) in [5.41, 5.74) is 3.60. The van der Waals surface area contributed by atoms with E-state index in [0.29, 0.717) is 6.04 Å². The van der Waals surface area contributed by atoms with E-state index in [-0.39, 0.29) is 5.78 Å². The normalized spacial score (nSPS) is 18.0. The van der Waals surface area contributed by atoms with Crippen LogP contribution < -0.4 is 0 Å². The molecule has 0 bridgehead atoms. The van der Waals surface area contributed by atoms with E-state index < -0.39 is 0 Å². The van der Waals surface area contributed by atoms with Crippen molar-refractivity contribution in [2.75, 3.05) is 14.1 Å². The van der Waals surface area contributed by atoms with E-state index in [9.17, 15) is 4.79 Å². The minimum absolute atomic E-state index is 0.151. The number of ketones is 1. The molecule has 0 radical (unpaired) electrons. The van der Waals surface area contributed by atoms with Crippen LogP contribution in [0, 0.1) is 0 Å². The molecule has 19 heavy (non-hydrogen) atoms. The van der Waals surface area contributed by atoms with Crippen LogP contribution in [0.15, 0.2) is 30.3 Å². The second-order valence-electron chi connectivity index (χ2n) is 5.69. The van der Waals surface area contributed by atoms with Crippen LogP contribution in [0.5, 0.6) is 0 Å². The minimum Gasteiger partial charge on any atom is -0.306 e. The molecule has 0 fully saturated rings. The van der Waals surface area contributed by atoms with Gasteiger partial charge in [-0.25, -0.2) is 0 Å². The number of benzene rings is 2. The first kappa shape index (κ1) is 12.4. The second kappa shape index (κ2) is 4.46. The van der Waals surface area contributed by atoms with Crippen LogP contribution in [0.1, 0.15) is 28.4 Å². The molecule has 2 heteroatoms. The standard InChI is InChI=1S/C17H19NO/c1-11(19)15-8-7-13-10-14(18(2)3)9-12-5-4-6-16(15)17(12)13/h4-8,14H,9-10H2,1-3H3. The van der Waals surface area contributed by atoms with Gasteiger partial charge in [0.15, 0.2) is 5.78 Å². The highest BCUT2D eigenvalue weighted by atomic mass is 16.1. The minimum atomic E-state index is 0.151. The monoisotopic (exact) mass is 253 g/mol. The number of carbonyl (C=O) groups excluding carboxylic acids is 1. The predicted octanol–water partition coefficient (Wildman–Crippen LogP) is 3.07. The van der Waals surface area contributed by atoms with Crippen molar-refractivity contribution in [2.45, 2.75) is 25.8 Å². The summed E-state index contributed by atoms with van der Waals surface area (Å²) >= 11 is 0. The van der Waals surface area contributed by atoms with Gasteiger partial charge in [0.05, 0.1) is 0 Å². The maximum atomic E-state index is 11.8. The number of hydrogen-bond acceptors (Lipinski definition) is 2. The first-order valence-corrected chi connectivity index (χ1v) is 6.79. The highest BCUT2D eigenvalue weighted by Crippen LogP contribution is 2.33. The third-order valence-corrected chi connectivity index (χ3v) is 4.23. The van der Waals surface area contributed by atoms with Crippen molar-refractivity contribution >= 4 is 16.6 Å². The zero-order chi connectivity index (χ0) is 13.6. The van der Waals surface area contributed by atoms with Crippen molar-refractivity contribution in [1.29, 1.82) is 0 Å². The second-order valence-corrected chi connectivity index (χ2v) is 5.69. The van der Waals surface area contributed by atoms with Crippen molar-refractivity contribution in [1.82, 2.24) is 4.90 Å². The molecule has 0 N–H and O–H groups in total. The Morgan fingerprint density at radius 2 is 1.79 bits per heavy atom. The van der Waals surface area contributed by atoms with E-state index in [0.717, 1.165) is 23.8 Å². The molecular weight excluding hydrogens is 234 g/mol. The Bertz CT molecular complexity index is 645. The molecule has 0 aromatic heterocycles. The van der Waals surface area contributed by atoms with Crippen molar-refractivity contribution in [2.24, 2.45) is 0 Å². The SMILES string of the molecule is CC(=O)c1ccc2c3c(cccc13)CC(N(C)C)C2. The van der Waals surface area contributed by atoms with E-state index in [1.807, 2.05) is 6.07 Å². The van der Waals surface area contributed by atoms with Crippen LogP contribution in [0.4, 0.5) is 0 Å². The van der Waals surface area contributed by atoms with Gasteiger partial charge in [-0.1, -0.05) is 30.3 Å². The summed E-state index contributed by atoms with van der Waals surface area (Å²) in [7, 11) is 4.28. The van der Waals surface area contributed by atoms with E-state index >= 15 is 0 Å². The van der Waals surface area contributed by atoms with E-state index in [4.69, 9.17) is 0 Å². The smallest absolute Gasteiger partial charge is 0.160 e. The Morgan fingerprint density at radius 3 is 2.42 bits per heavy atom. The molecular formula is C17H19NO. The topological polar surface area (TPSA) is 20.3 Å².